The SMILES string of the molecule is C[C@H]1CNCCN1C(=O)C1CCC(NC(=O)CC2CCCC2)CC1.Cl. The third-order valence-corrected chi connectivity index (χ3v) is 6.17. The van der Waals surface area contributed by atoms with E-state index in [1.807, 2.05) is 0 Å². The van der Waals surface area contributed by atoms with Crippen LogP contribution in [0.3, 0.4) is 0 Å². The van der Waals surface area contributed by atoms with Crippen LogP contribution in [0.2, 0.25) is 0 Å². The first-order valence-electron chi connectivity index (χ1n) is 9.94. The monoisotopic (exact) mass is 371 g/mol. The highest BCUT2D eigenvalue weighted by Gasteiger charge is 2.32. The van der Waals surface area contributed by atoms with E-state index in [0.29, 0.717) is 24.3 Å². The van der Waals surface area contributed by atoms with Gasteiger partial charge in [0.15, 0.2) is 0 Å². The zero-order valence-electron chi connectivity index (χ0n) is 15.5. The van der Waals surface area contributed by atoms with E-state index >= 15 is 0 Å². The Labute approximate surface area is 158 Å². The highest BCUT2D eigenvalue weighted by molar-refractivity contribution is 5.85. The Morgan fingerprint density at radius 1 is 1.08 bits per heavy atom. The van der Waals surface area contributed by atoms with Gasteiger partial charge in [-0.25, -0.2) is 0 Å². The van der Waals surface area contributed by atoms with Gasteiger partial charge < -0.3 is 15.5 Å². The van der Waals surface area contributed by atoms with Crippen LogP contribution in [0.4, 0.5) is 0 Å². The molecule has 2 saturated carbocycles. The van der Waals surface area contributed by atoms with Crippen molar-refractivity contribution in [2.45, 2.75) is 76.8 Å². The lowest BCUT2D eigenvalue weighted by Gasteiger charge is -2.38. The maximum Gasteiger partial charge on any atom is 0.226 e. The molecule has 3 aliphatic rings. The van der Waals surface area contributed by atoms with Crippen LogP contribution in [0.25, 0.3) is 0 Å². The molecular formula is C19H34ClN3O2. The second-order valence-electron chi connectivity index (χ2n) is 8.06. The van der Waals surface area contributed by atoms with Gasteiger partial charge in [0.25, 0.3) is 0 Å². The topological polar surface area (TPSA) is 61.4 Å². The lowest BCUT2D eigenvalue weighted by atomic mass is 9.84. The number of piperazine rings is 1. The molecule has 0 bridgehead atoms. The van der Waals surface area contributed by atoms with E-state index in [1.54, 1.807) is 0 Å². The minimum atomic E-state index is 0. The molecule has 3 fully saturated rings. The van der Waals surface area contributed by atoms with Crippen molar-refractivity contribution in [2.24, 2.45) is 11.8 Å². The normalized spacial score (nSPS) is 30.6. The van der Waals surface area contributed by atoms with Gasteiger partial charge in [0.05, 0.1) is 0 Å². The average molecular weight is 372 g/mol. The largest absolute Gasteiger partial charge is 0.353 e. The maximum absolute atomic E-state index is 12.7. The molecule has 2 amide bonds. The Balaban J connectivity index is 0.00000225. The van der Waals surface area contributed by atoms with Crippen molar-refractivity contribution in [1.29, 1.82) is 0 Å². The third-order valence-electron chi connectivity index (χ3n) is 6.17. The lowest BCUT2D eigenvalue weighted by molar-refractivity contribution is -0.139. The molecule has 2 N–H and O–H groups in total. The van der Waals surface area contributed by atoms with Gasteiger partial charge in [0.1, 0.15) is 0 Å². The zero-order chi connectivity index (χ0) is 16.9. The molecule has 0 unspecified atom stereocenters. The van der Waals surface area contributed by atoms with Gasteiger partial charge in [0.2, 0.25) is 11.8 Å². The fraction of sp³-hybridized carbons (Fsp3) is 0.895. The summed E-state index contributed by atoms with van der Waals surface area (Å²) in [5, 5.41) is 6.56. The summed E-state index contributed by atoms with van der Waals surface area (Å²) in [4.78, 5) is 27.0. The van der Waals surface area contributed by atoms with Crippen molar-refractivity contribution in [2.75, 3.05) is 19.6 Å². The second-order valence-corrected chi connectivity index (χ2v) is 8.06. The van der Waals surface area contributed by atoms with Gasteiger partial charge in [-0.05, 0) is 51.4 Å². The fourth-order valence-corrected chi connectivity index (χ4v) is 4.65. The van der Waals surface area contributed by atoms with Gasteiger partial charge in [-0.15, -0.1) is 12.4 Å². The summed E-state index contributed by atoms with van der Waals surface area (Å²) in [6.45, 7) is 4.76. The summed E-state index contributed by atoms with van der Waals surface area (Å²) in [5.41, 5.74) is 0. The highest BCUT2D eigenvalue weighted by atomic mass is 35.5. The smallest absolute Gasteiger partial charge is 0.226 e. The number of nitrogens with one attached hydrogen (secondary N) is 2. The van der Waals surface area contributed by atoms with Gasteiger partial charge in [-0.2, -0.15) is 0 Å². The van der Waals surface area contributed by atoms with E-state index in [9.17, 15) is 9.59 Å². The number of rotatable bonds is 4. The molecule has 1 atom stereocenters. The van der Waals surface area contributed by atoms with E-state index in [-0.39, 0.29) is 30.3 Å². The first-order chi connectivity index (χ1) is 11.6. The maximum atomic E-state index is 12.7. The number of hydrogen-bond acceptors (Lipinski definition) is 3. The molecule has 3 rings (SSSR count). The summed E-state index contributed by atoms with van der Waals surface area (Å²) in [6, 6.07) is 0.582. The summed E-state index contributed by atoms with van der Waals surface area (Å²) in [6.07, 6.45) is 9.46. The van der Waals surface area contributed by atoms with Crippen LogP contribution < -0.4 is 10.6 Å². The summed E-state index contributed by atoms with van der Waals surface area (Å²) in [7, 11) is 0. The van der Waals surface area contributed by atoms with Crippen LogP contribution in [-0.4, -0.2) is 48.4 Å². The molecule has 0 radical (unpaired) electrons. The second kappa shape index (κ2) is 9.77. The Hall–Kier alpha value is -0.810. The number of carbonyl (C=O) groups excluding carboxylic acids is 2. The Bertz CT molecular complexity index is 446. The third kappa shape index (κ3) is 5.58. The molecule has 0 aromatic rings. The molecule has 0 aromatic heterocycles. The minimum absolute atomic E-state index is 0. The first-order valence-corrected chi connectivity index (χ1v) is 9.94. The van der Waals surface area contributed by atoms with Crippen molar-refractivity contribution in [3.05, 3.63) is 0 Å². The van der Waals surface area contributed by atoms with Crippen molar-refractivity contribution >= 4 is 24.2 Å². The highest BCUT2D eigenvalue weighted by Crippen LogP contribution is 2.29. The number of carbonyl (C=O) groups is 2. The summed E-state index contributed by atoms with van der Waals surface area (Å²) in [5.74, 6) is 1.33. The Kier molecular flexibility index (Phi) is 8.01. The van der Waals surface area contributed by atoms with Crippen molar-refractivity contribution < 1.29 is 9.59 Å². The first kappa shape index (κ1) is 20.5. The molecule has 144 valence electrons. The van der Waals surface area contributed by atoms with Gasteiger partial charge in [0, 0.05) is 44.1 Å². The molecule has 5 nitrogen and oxygen atoms in total. The van der Waals surface area contributed by atoms with E-state index in [0.717, 1.165) is 45.3 Å². The molecule has 25 heavy (non-hydrogen) atoms. The van der Waals surface area contributed by atoms with E-state index in [2.05, 4.69) is 22.5 Å². The Morgan fingerprint density at radius 3 is 2.40 bits per heavy atom. The van der Waals surface area contributed by atoms with Gasteiger partial charge in [-0.3, -0.25) is 9.59 Å². The number of nitrogens with zero attached hydrogens (tertiary/aromatic N) is 1. The van der Waals surface area contributed by atoms with Crippen LogP contribution in [0.1, 0.15) is 64.7 Å². The molecule has 2 aliphatic carbocycles. The van der Waals surface area contributed by atoms with Crippen molar-refractivity contribution in [1.82, 2.24) is 15.5 Å². The quantitative estimate of drug-likeness (QED) is 0.798. The molecule has 0 spiro atoms. The number of halogens is 1. The minimum Gasteiger partial charge on any atom is -0.353 e. The zero-order valence-corrected chi connectivity index (χ0v) is 16.3. The van der Waals surface area contributed by atoms with Gasteiger partial charge in [-0.1, -0.05) is 12.8 Å². The molecular weight excluding hydrogens is 338 g/mol. The van der Waals surface area contributed by atoms with Crippen molar-refractivity contribution in [3.63, 3.8) is 0 Å². The van der Waals surface area contributed by atoms with Gasteiger partial charge >= 0.3 is 0 Å². The van der Waals surface area contributed by atoms with Crippen molar-refractivity contribution in [3.8, 4) is 0 Å². The van der Waals surface area contributed by atoms with Crippen LogP contribution >= 0.6 is 12.4 Å². The Morgan fingerprint density at radius 2 is 1.76 bits per heavy atom. The molecule has 6 heteroatoms. The van der Waals surface area contributed by atoms with Crippen LogP contribution in [-0.2, 0) is 9.59 Å². The molecule has 1 aliphatic heterocycles. The summed E-state index contributed by atoms with van der Waals surface area (Å²) >= 11 is 0. The van der Waals surface area contributed by atoms with E-state index in [4.69, 9.17) is 0 Å². The number of amides is 2. The summed E-state index contributed by atoms with van der Waals surface area (Å²) < 4.78 is 0. The average Bonchev–Trinajstić information content (AvgIpc) is 3.08. The fourth-order valence-electron chi connectivity index (χ4n) is 4.65. The molecule has 1 heterocycles. The standard InChI is InChI=1S/C19H33N3O2.ClH/c1-14-13-20-10-11-22(14)19(24)16-6-8-17(9-7-16)21-18(23)12-15-4-2-3-5-15;/h14-17,20H,2-13H2,1H3,(H,21,23);1H/t14-,16?,17?;/m0./s1. The van der Waals surface area contributed by atoms with Crippen LogP contribution in [0.15, 0.2) is 0 Å². The predicted molar refractivity (Wildman–Crippen MR) is 102 cm³/mol. The van der Waals surface area contributed by atoms with Crippen LogP contribution in [0.5, 0.6) is 0 Å². The molecule has 0 aromatic carbocycles. The van der Waals surface area contributed by atoms with Crippen LogP contribution in [0, 0.1) is 11.8 Å². The molecule has 1 saturated heterocycles. The number of hydrogen-bond donors (Lipinski definition) is 2. The van der Waals surface area contributed by atoms with E-state index < -0.39 is 0 Å². The predicted octanol–water partition coefficient (Wildman–Crippen LogP) is 2.48. The lowest BCUT2D eigenvalue weighted by Crippen LogP contribution is -2.54. The van der Waals surface area contributed by atoms with E-state index in [1.165, 1.54) is 25.7 Å².